The minimum Gasteiger partial charge on any atom is -0.497 e. The van der Waals surface area contributed by atoms with E-state index in [-0.39, 0.29) is 5.91 Å². The van der Waals surface area contributed by atoms with Gasteiger partial charge < -0.3 is 15.0 Å². The zero-order valence-electron chi connectivity index (χ0n) is 15.6. The summed E-state index contributed by atoms with van der Waals surface area (Å²) in [7, 11) is 1.61. The van der Waals surface area contributed by atoms with Crippen LogP contribution in [0.5, 0.6) is 5.75 Å². The van der Waals surface area contributed by atoms with Crippen molar-refractivity contribution in [2.24, 2.45) is 0 Å². The molecule has 2 N–H and O–H groups in total. The van der Waals surface area contributed by atoms with Gasteiger partial charge in [-0.05, 0) is 48.8 Å². The van der Waals surface area contributed by atoms with E-state index in [1.165, 1.54) is 5.57 Å². The Morgan fingerprint density at radius 1 is 1.04 bits per heavy atom. The average Bonchev–Trinajstić information content (AvgIpc) is 3.25. The van der Waals surface area contributed by atoms with E-state index in [9.17, 15) is 4.79 Å². The molecule has 140 valence electrons. The van der Waals surface area contributed by atoms with Crippen LogP contribution in [0.25, 0.3) is 17.0 Å². The highest BCUT2D eigenvalue weighted by atomic mass is 16.5. The van der Waals surface area contributed by atoms with Gasteiger partial charge in [-0.2, -0.15) is 0 Å². The van der Waals surface area contributed by atoms with Crippen LogP contribution in [0.1, 0.15) is 28.9 Å². The Morgan fingerprint density at radius 2 is 1.82 bits per heavy atom. The van der Waals surface area contributed by atoms with Crippen LogP contribution in [-0.4, -0.2) is 23.0 Å². The van der Waals surface area contributed by atoms with Crippen molar-refractivity contribution in [1.82, 2.24) is 15.3 Å². The lowest BCUT2D eigenvalue weighted by Crippen LogP contribution is -2.23. The van der Waals surface area contributed by atoms with E-state index in [4.69, 9.17) is 4.74 Å². The van der Waals surface area contributed by atoms with Gasteiger partial charge in [-0.15, -0.1) is 0 Å². The van der Waals surface area contributed by atoms with Crippen LogP contribution in [0, 0.1) is 0 Å². The third-order valence-electron chi connectivity index (χ3n) is 4.74. The molecule has 0 unspecified atom stereocenters. The third-order valence-corrected chi connectivity index (χ3v) is 4.74. The van der Waals surface area contributed by atoms with E-state index in [0.29, 0.717) is 5.56 Å². The second-order valence-electron chi connectivity index (χ2n) is 6.58. The van der Waals surface area contributed by atoms with Crippen molar-refractivity contribution in [1.29, 1.82) is 0 Å². The lowest BCUT2D eigenvalue weighted by Gasteiger charge is -2.15. The zero-order valence-corrected chi connectivity index (χ0v) is 15.6. The minimum atomic E-state index is -0.112. The summed E-state index contributed by atoms with van der Waals surface area (Å²) in [6.07, 6.45) is 7.47. The van der Waals surface area contributed by atoms with Crippen LogP contribution < -0.4 is 10.1 Å². The van der Waals surface area contributed by atoms with Gasteiger partial charge in [0.15, 0.2) is 0 Å². The van der Waals surface area contributed by atoms with E-state index in [0.717, 1.165) is 41.4 Å². The molecule has 0 saturated heterocycles. The predicted molar refractivity (Wildman–Crippen MR) is 110 cm³/mol. The van der Waals surface area contributed by atoms with Gasteiger partial charge in [-0.25, -0.2) is 4.98 Å². The molecule has 4 rings (SSSR count). The number of benzene rings is 2. The number of ether oxygens (including phenoxy) is 1. The predicted octanol–water partition coefficient (Wildman–Crippen LogP) is 4.58. The Kier molecular flexibility index (Phi) is 5.06. The number of imidazole rings is 1. The number of hydrogen-bond donors (Lipinski definition) is 2. The maximum atomic E-state index is 12.4. The average molecular weight is 371 g/mol. The molecule has 5 heteroatoms. The van der Waals surface area contributed by atoms with Gasteiger partial charge >= 0.3 is 0 Å². The van der Waals surface area contributed by atoms with Crippen molar-refractivity contribution in [2.45, 2.75) is 12.8 Å². The first kappa shape index (κ1) is 17.8. The van der Waals surface area contributed by atoms with Gasteiger partial charge in [0.05, 0.1) is 19.0 Å². The molecule has 1 aromatic heterocycles. The van der Waals surface area contributed by atoms with Crippen molar-refractivity contribution < 1.29 is 9.53 Å². The van der Waals surface area contributed by atoms with E-state index in [1.54, 1.807) is 31.4 Å². The molecular weight excluding hydrogens is 350 g/mol. The summed E-state index contributed by atoms with van der Waals surface area (Å²) >= 11 is 0. The number of aromatic nitrogens is 2. The lowest BCUT2D eigenvalue weighted by atomic mass is 10.00. The van der Waals surface area contributed by atoms with Gasteiger partial charge in [0.2, 0.25) is 0 Å². The van der Waals surface area contributed by atoms with E-state index in [1.807, 2.05) is 48.7 Å². The van der Waals surface area contributed by atoms with Crippen LogP contribution in [-0.2, 0) is 0 Å². The Balaban J connectivity index is 1.44. The number of allylic oxidation sites excluding steroid dienone is 4. The number of amides is 1. The van der Waals surface area contributed by atoms with Crippen molar-refractivity contribution in [3.05, 3.63) is 89.9 Å². The first-order valence-electron chi connectivity index (χ1n) is 9.19. The number of hydrogen-bond acceptors (Lipinski definition) is 3. The first-order chi connectivity index (χ1) is 13.7. The molecule has 1 amide bonds. The van der Waals surface area contributed by atoms with Crippen molar-refractivity contribution in [3.8, 4) is 17.1 Å². The highest BCUT2D eigenvalue weighted by Gasteiger charge is 2.14. The number of H-pyrrole nitrogens is 1. The summed E-state index contributed by atoms with van der Waals surface area (Å²) in [4.78, 5) is 20.3. The quantitative estimate of drug-likeness (QED) is 0.690. The molecule has 2 aromatic carbocycles. The smallest absolute Gasteiger partial charge is 0.255 e. The molecule has 5 nitrogen and oxygen atoms in total. The fraction of sp³-hybridized carbons (Fsp3) is 0.130. The number of aromatic amines is 1. The number of carbonyl (C=O) groups excluding carboxylic acids is 1. The second-order valence-corrected chi connectivity index (χ2v) is 6.58. The van der Waals surface area contributed by atoms with Crippen LogP contribution in [0.3, 0.4) is 0 Å². The first-order valence-corrected chi connectivity index (χ1v) is 9.19. The van der Waals surface area contributed by atoms with Crippen molar-refractivity contribution in [3.63, 3.8) is 0 Å². The third kappa shape index (κ3) is 3.88. The number of nitrogens with zero attached hydrogens (tertiary/aromatic N) is 1. The molecule has 3 aromatic rings. The monoisotopic (exact) mass is 371 g/mol. The normalized spacial score (nSPS) is 13.5. The Labute approximate surface area is 163 Å². The van der Waals surface area contributed by atoms with Crippen molar-refractivity contribution in [2.75, 3.05) is 7.11 Å². The molecule has 0 fully saturated rings. The minimum absolute atomic E-state index is 0.112. The summed E-state index contributed by atoms with van der Waals surface area (Å²) in [5.74, 6) is 1.48. The number of carbonyl (C=O) groups is 1. The molecule has 1 aliphatic carbocycles. The molecule has 0 atom stereocenters. The van der Waals surface area contributed by atoms with Gasteiger partial charge in [0.1, 0.15) is 11.6 Å². The number of methoxy groups -OCH3 is 1. The molecule has 0 bridgehead atoms. The fourth-order valence-electron chi connectivity index (χ4n) is 3.15. The van der Waals surface area contributed by atoms with Gasteiger partial charge in [0, 0.05) is 16.8 Å². The molecule has 1 aliphatic rings. The maximum Gasteiger partial charge on any atom is 0.255 e. The Bertz CT molecular complexity index is 1030. The van der Waals surface area contributed by atoms with Crippen molar-refractivity contribution >= 4 is 11.5 Å². The van der Waals surface area contributed by atoms with E-state index < -0.39 is 0 Å². The molecular formula is C23H21N3O2. The zero-order chi connectivity index (χ0) is 19.3. The summed E-state index contributed by atoms with van der Waals surface area (Å²) in [5.41, 5.74) is 4.77. The molecule has 0 aliphatic heterocycles. The summed E-state index contributed by atoms with van der Waals surface area (Å²) in [5, 5.41) is 2.99. The molecule has 28 heavy (non-hydrogen) atoms. The molecule has 0 radical (unpaired) electrons. The maximum absolute atomic E-state index is 12.4. The number of nitrogens with one attached hydrogen (secondary N) is 2. The highest BCUT2D eigenvalue weighted by molar-refractivity contribution is 5.95. The summed E-state index contributed by atoms with van der Waals surface area (Å²) < 4.78 is 5.12. The highest BCUT2D eigenvalue weighted by Crippen LogP contribution is 2.26. The van der Waals surface area contributed by atoms with Crippen LogP contribution in [0.2, 0.25) is 0 Å². The molecule has 0 saturated carbocycles. The lowest BCUT2D eigenvalue weighted by molar-refractivity contribution is 0.0964. The van der Waals surface area contributed by atoms with Gasteiger partial charge in [0.25, 0.3) is 5.91 Å². The largest absolute Gasteiger partial charge is 0.497 e. The van der Waals surface area contributed by atoms with E-state index in [2.05, 4.69) is 15.3 Å². The topological polar surface area (TPSA) is 67.0 Å². The van der Waals surface area contributed by atoms with Crippen LogP contribution in [0.4, 0.5) is 0 Å². The molecule has 1 heterocycles. The van der Waals surface area contributed by atoms with E-state index >= 15 is 0 Å². The van der Waals surface area contributed by atoms with Crippen LogP contribution >= 0.6 is 0 Å². The fourth-order valence-corrected chi connectivity index (χ4v) is 3.15. The summed E-state index contributed by atoms with van der Waals surface area (Å²) in [6.45, 7) is 0. The molecule has 0 spiro atoms. The number of rotatable bonds is 5. The standard InChI is InChI=1S/C23H21N3O2/c1-28-20-13-9-18(10-14-20)23(27)25-19-11-7-16(8-12-19)21-15-24-22(26-21)17-5-3-2-4-6-17/h2-7,9-11,13-15H,8,12H2,1H3,(H,24,26)(H,25,27). The Hall–Kier alpha value is -3.60. The Morgan fingerprint density at radius 3 is 2.50 bits per heavy atom. The SMILES string of the molecule is COc1ccc(C(=O)NC2=CC=C(c3cnc(-c4ccccc4)[nH]3)CC2)cc1. The van der Waals surface area contributed by atoms with Gasteiger partial charge in [-0.3, -0.25) is 4.79 Å². The second kappa shape index (κ2) is 7.96. The summed E-state index contributed by atoms with van der Waals surface area (Å²) in [6, 6.07) is 17.1. The van der Waals surface area contributed by atoms with Gasteiger partial charge in [-0.1, -0.05) is 36.4 Å². The van der Waals surface area contributed by atoms with Crippen LogP contribution in [0.15, 0.2) is 78.6 Å².